The average molecular weight is 440 g/mol. The molecule has 0 bridgehead atoms. The topological polar surface area (TPSA) is 58.0 Å². The van der Waals surface area contributed by atoms with Crippen molar-refractivity contribution in [2.45, 2.75) is 10.6 Å². The van der Waals surface area contributed by atoms with Crippen LogP contribution in [0.25, 0.3) is 10.9 Å². The number of thioether (sulfide) groups is 1. The lowest BCUT2D eigenvalue weighted by Gasteiger charge is -2.15. The van der Waals surface area contributed by atoms with Crippen LogP contribution in [0.4, 0.5) is 13.2 Å². The molecule has 0 aliphatic heterocycles. The van der Waals surface area contributed by atoms with Crippen molar-refractivity contribution in [3.05, 3.63) is 83.3 Å². The number of nitrogens with zero attached hydrogens (tertiary/aromatic N) is 1. The lowest BCUT2D eigenvalue weighted by atomic mass is 10.2. The Morgan fingerprint density at radius 3 is 2.45 bits per heavy atom. The lowest BCUT2D eigenvalue weighted by Crippen LogP contribution is -1.98. The van der Waals surface area contributed by atoms with Crippen molar-refractivity contribution in [3.63, 3.8) is 0 Å². The molecule has 0 unspecified atom stereocenters. The SMILES string of the molecule is COc1ccc(CSc2c(Oc3ccc(F)c(C#N)c3)c(F)c(F)c3[nH]ccc23)cc1. The van der Waals surface area contributed by atoms with Crippen molar-refractivity contribution in [1.82, 2.24) is 4.98 Å². The van der Waals surface area contributed by atoms with E-state index < -0.39 is 17.5 Å². The van der Waals surface area contributed by atoms with Gasteiger partial charge in [-0.25, -0.2) is 8.78 Å². The number of benzene rings is 3. The van der Waals surface area contributed by atoms with Gasteiger partial charge in [-0.3, -0.25) is 0 Å². The van der Waals surface area contributed by atoms with Gasteiger partial charge in [-0.1, -0.05) is 12.1 Å². The van der Waals surface area contributed by atoms with Gasteiger partial charge < -0.3 is 14.5 Å². The smallest absolute Gasteiger partial charge is 0.204 e. The highest BCUT2D eigenvalue weighted by Gasteiger charge is 2.23. The molecule has 3 aromatic carbocycles. The summed E-state index contributed by atoms with van der Waals surface area (Å²) >= 11 is 1.27. The fourth-order valence-corrected chi connectivity index (χ4v) is 4.15. The molecule has 0 aliphatic carbocycles. The first-order valence-corrected chi connectivity index (χ1v) is 10.1. The third kappa shape index (κ3) is 4.05. The van der Waals surface area contributed by atoms with Crippen LogP contribution in [-0.2, 0) is 5.75 Å². The molecule has 0 spiro atoms. The maximum Gasteiger partial charge on any atom is 0.204 e. The summed E-state index contributed by atoms with van der Waals surface area (Å²) in [5.74, 6) is -2.10. The number of halogens is 3. The Hall–Kier alpha value is -3.57. The number of fused-ring (bicyclic) bond motifs is 1. The van der Waals surface area contributed by atoms with Gasteiger partial charge in [0.2, 0.25) is 5.82 Å². The van der Waals surface area contributed by atoms with E-state index in [1.165, 1.54) is 24.0 Å². The molecule has 0 radical (unpaired) electrons. The number of hydrogen-bond acceptors (Lipinski definition) is 4. The van der Waals surface area contributed by atoms with Gasteiger partial charge >= 0.3 is 0 Å². The number of aromatic nitrogens is 1. The second kappa shape index (κ2) is 8.66. The van der Waals surface area contributed by atoms with E-state index in [9.17, 15) is 13.2 Å². The van der Waals surface area contributed by atoms with Crippen LogP contribution in [-0.4, -0.2) is 12.1 Å². The lowest BCUT2D eigenvalue weighted by molar-refractivity contribution is 0.409. The Labute approximate surface area is 180 Å². The number of hydrogen-bond donors (Lipinski definition) is 1. The monoisotopic (exact) mass is 440 g/mol. The zero-order valence-electron chi connectivity index (χ0n) is 16.2. The van der Waals surface area contributed by atoms with Crippen LogP contribution in [0.5, 0.6) is 17.2 Å². The first kappa shape index (κ1) is 20.7. The van der Waals surface area contributed by atoms with E-state index in [0.717, 1.165) is 17.7 Å². The van der Waals surface area contributed by atoms with Crippen molar-refractivity contribution >= 4 is 22.7 Å². The van der Waals surface area contributed by atoms with E-state index in [4.69, 9.17) is 14.7 Å². The highest BCUT2D eigenvalue weighted by atomic mass is 32.2. The standard InChI is InChI=1S/C23H15F3N2O2S/c1-29-15-4-2-13(3-5-15)12-31-23-17-8-9-28-21(17)19(25)20(26)22(23)30-16-6-7-18(24)14(10-16)11-27/h2-10,28H,12H2,1H3. The second-order valence-electron chi connectivity index (χ2n) is 6.54. The molecule has 8 heteroatoms. The van der Waals surface area contributed by atoms with Crippen LogP contribution in [0, 0.1) is 28.8 Å². The quantitative estimate of drug-likeness (QED) is 0.346. The van der Waals surface area contributed by atoms with E-state index in [1.54, 1.807) is 19.2 Å². The van der Waals surface area contributed by atoms with Gasteiger partial charge in [-0.05, 0) is 35.9 Å². The number of methoxy groups -OCH3 is 1. The van der Waals surface area contributed by atoms with Gasteiger partial charge in [-0.15, -0.1) is 11.8 Å². The third-order valence-electron chi connectivity index (χ3n) is 4.63. The van der Waals surface area contributed by atoms with Crippen LogP contribution >= 0.6 is 11.8 Å². The van der Waals surface area contributed by atoms with Crippen LogP contribution in [0.2, 0.25) is 0 Å². The average Bonchev–Trinajstić information content (AvgIpc) is 3.28. The number of nitrogens with one attached hydrogen (secondary N) is 1. The fourth-order valence-electron chi connectivity index (χ4n) is 3.05. The van der Waals surface area contributed by atoms with Crippen LogP contribution in [0.15, 0.2) is 59.6 Å². The minimum absolute atomic E-state index is 0.0254. The van der Waals surface area contributed by atoms with Gasteiger partial charge in [0.25, 0.3) is 0 Å². The maximum atomic E-state index is 15.0. The Balaban J connectivity index is 1.74. The molecule has 1 aromatic heterocycles. The molecule has 31 heavy (non-hydrogen) atoms. The van der Waals surface area contributed by atoms with Crippen LogP contribution < -0.4 is 9.47 Å². The summed E-state index contributed by atoms with van der Waals surface area (Å²) in [5, 5.41) is 9.48. The predicted molar refractivity (Wildman–Crippen MR) is 112 cm³/mol. The van der Waals surface area contributed by atoms with Gasteiger partial charge in [0.15, 0.2) is 11.6 Å². The number of H-pyrrole nitrogens is 1. The number of ether oxygens (including phenoxy) is 2. The Bertz CT molecular complexity index is 1300. The molecule has 0 amide bonds. The molecular weight excluding hydrogens is 425 g/mol. The first-order valence-electron chi connectivity index (χ1n) is 9.13. The molecule has 4 rings (SSSR count). The number of rotatable bonds is 6. The second-order valence-corrected chi connectivity index (χ2v) is 7.53. The fraction of sp³-hybridized carbons (Fsp3) is 0.0870. The zero-order valence-corrected chi connectivity index (χ0v) is 17.0. The van der Waals surface area contributed by atoms with Gasteiger partial charge in [0.05, 0.1) is 23.1 Å². The van der Waals surface area contributed by atoms with Crippen molar-refractivity contribution in [1.29, 1.82) is 5.26 Å². The summed E-state index contributed by atoms with van der Waals surface area (Å²) in [6, 6.07) is 14.1. The largest absolute Gasteiger partial charge is 0.497 e. The molecule has 0 atom stereocenters. The Kier molecular flexibility index (Phi) is 5.78. The summed E-state index contributed by atoms with van der Waals surface area (Å²) in [7, 11) is 1.57. The van der Waals surface area contributed by atoms with Crippen molar-refractivity contribution < 1.29 is 22.6 Å². The summed E-state index contributed by atoms with van der Waals surface area (Å²) in [4.78, 5) is 3.09. The summed E-state index contributed by atoms with van der Waals surface area (Å²) in [6.45, 7) is 0. The Morgan fingerprint density at radius 1 is 1.00 bits per heavy atom. The van der Waals surface area contributed by atoms with Gasteiger partial charge in [-0.2, -0.15) is 9.65 Å². The van der Waals surface area contributed by atoms with E-state index in [1.807, 2.05) is 24.3 Å². The highest BCUT2D eigenvalue weighted by Crippen LogP contribution is 2.43. The summed E-state index contributed by atoms with van der Waals surface area (Å²) in [5.41, 5.74) is 0.714. The van der Waals surface area contributed by atoms with E-state index in [0.29, 0.717) is 21.8 Å². The molecule has 0 fully saturated rings. The minimum Gasteiger partial charge on any atom is -0.497 e. The summed E-state index contributed by atoms with van der Waals surface area (Å²) < 4.78 is 54.0. The van der Waals surface area contributed by atoms with E-state index >= 15 is 0 Å². The van der Waals surface area contributed by atoms with Gasteiger partial charge in [0, 0.05) is 23.4 Å². The Morgan fingerprint density at radius 2 is 1.74 bits per heavy atom. The molecule has 1 heterocycles. The van der Waals surface area contributed by atoms with Crippen LogP contribution in [0.3, 0.4) is 0 Å². The molecule has 0 saturated carbocycles. The molecule has 4 nitrogen and oxygen atoms in total. The minimum atomic E-state index is -1.17. The highest BCUT2D eigenvalue weighted by molar-refractivity contribution is 7.98. The molecule has 0 saturated heterocycles. The number of aromatic amines is 1. The first-order chi connectivity index (χ1) is 15.0. The molecular formula is C23H15F3N2O2S. The zero-order chi connectivity index (χ0) is 22.0. The van der Waals surface area contributed by atoms with Crippen molar-refractivity contribution in [2.75, 3.05) is 7.11 Å². The van der Waals surface area contributed by atoms with Crippen molar-refractivity contribution in [2.24, 2.45) is 0 Å². The normalized spacial score (nSPS) is 10.8. The third-order valence-corrected chi connectivity index (χ3v) is 5.80. The number of nitriles is 1. The molecule has 4 aromatic rings. The van der Waals surface area contributed by atoms with Crippen LogP contribution in [0.1, 0.15) is 11.1 Å². The maximum absolute atomic E-state index is 15.0. The molecule has 1 N–H and O–H groups in total. The van der Waals surface area contributed by atoms with E-state index in [2.05, 4.69) is 4.98 Å². The summed E-state index contributed by atoms with van der Waals surface area (Å²) in [6.07, 6.45) is 1.51. The predicted octanol–water partition coefficient (Wildman–Crippen LogP) is 6.55. The van der Waals surface area contributed by atoms with E-state index in [-0.39, 0.29) is 22.6 Å². The van der Waals surface area contributed by atoms with Gasteiger partial charge in [0.1, 0.15) is 23.4 Å². The van der Waals surface area contributed by atoms with Crippen molar-refractivity contribution in [3.8, 4) is 23.3 Å². The molecule has 0 aliphatic rings. The molecule has 156 valence electrons.